The molecule has 0 amide bonds. The normalized spacial score (nSPS) is 10.4. The number of hydrogen-bond donors (Lipinski definition) is 1. The zero-order chi connectivity index (χ0) is 14.4. The molecule has 0 saturated heterocycles. The van der Waals surface area contributed by atoms with Crippen molar-refractivity contribution in [3.05, 3.63) is 42.0 Å². The molecule has 20 heavy (non-hydrogen) atoms. The van der Waals surface area contributed by atoms with E-state index in [-0.39, 0.29) is 6.61 Å². The molecule has 0 bridgehead atoms. The van der Waals surface area contributed by atoms with Crippen LogP contribution in [0.5, 0.6) is 5.75 Å². The van der Waals surface area contributed by atoms with Crippen LogP contribution in [0.4, 0.5) is 0 Å². The van der Waals surface area contributed by atoms with Crippen molar-refractivity contribution in [1.29, 1.82) is 0 Å². The summed E-state index contributed by atoms with van der Waals surface area (Å²) < 4.78 is 5.76. The molecule has 2 nitrogen and oxygen atoms in total. The third-order valence-corrected chi connectivity index (χ3v) is 3.09. The van der Waals surface area contributed by atoms with Gasteiger partial charge in [-0.15, -0.1) is 0 Å². The smallest absolute Gasteiger partial charge is 0.119 e. The summed E-state index contributed by atoms with van der Waals surface area (Å²) in [6, 6.07) is 12.1. The van der Waals surface area contributed by atoms with Crippen LogP contribution in [0.2, 0.25) is 0 Å². The van der Waals surface area contributed by atoms with E-state index in [2.05, 4.69) is 31.8 Å². The molecule has 0 aliphatic carbocycles. The molecule has 0 fully saturated rings. The van der Waals surface area contributed by atoms with Crippen molar-refractivity contribution in [3.8, 4) is 17.6 Å². The topological polar surface area (TPSA) is 29.5 Å². The monoisotopic (exact) mass is 268 g/mol. The summed E-state index contributed by atoms with van der Waals surface area (Å²) in [6.45, 7) is 5.03. The minimum Gasteiger partial charge on any atom is -0.494 e. The zero-order valence-electron chi connectivity index (χ0n) is 12.0. The van der Waals surface area contributed by atoms with Crippen molar-refractivity contribution in [2.75, 3.05) is 13.2 Å². The molecule has 2 rings (SSSR count). The fraction of sp³-hybridized carbons (Fsp3) is 0.333. The molecule has 104 valence electrons. The fourth-order valence-electron chi connectivity index (χ4n) is 1.95. The lowest BCUT2D eigenvalue weighted by Gasteiger charge is -2.09. The highest BCUT2D eigenvalue weighted by Crippen LogP contribution is 2.22. The number of rotatable bonds is 4. The molecule has 2 aromatic carbocycles. The van der Waals surface area contributed by atoms with Gasteiger partial charge in [-0.1, -0.05) is 37.8 Å². The van der Waals surface area contributed by atoms with E-state index >= 15 is 0 Å². The molecule has 0 radical (unpaired) electrons. The Morgan fingerprint density at radius 3 is 2.60 bits per heavy atom. The summed E-state index contributed by atoms with van der Waals surface area (Å²) in [5.74, 6) is 7.14. The van der Waals surface area contributed by atoms with E-state index < -0.39 is 0 Å². The predicted octanol–water partition coefficient (Wildman–Crippen LogP) is 3.61. The zero-order valence-corrected chi connectivity index (χ0v) is 12.0. The standard InChI is InChI=1S/C18H20O2/c1-14(2)9-11-20-18-8-7-16-12-15(4-3-10-19)5-6-17(16)13-18/h5-8,12-14,19H,9-11H2,1-2H3. The van der Waals surface area contributed by atoms with Crippen LogP contribution in [0.25, 0.3) is 10.8 Å². The molecule has 2 aromatic rings. The minimum atomic E-state index is -0.110. The SMILES string of the molecule is CC(C)CCOc1ccc2cc(C#CCO)ccc2c1. The average molecular weight is 268 g/mol. The van der Waals surface area contributed by atoms with Gasteiger partial charge < -0.3 is 9.84 Å². The van der Waals surface area contributed by atoms with E-state index in [1.165, 1.54) is 0 Å². The molecule has 0 heterocycles. The molecule has 0 spiro atoms. The van der Waals surface area contributed by atoms with Crippen LogP contribution in [-0.2, 0) is 0 Å². The van der Waals surface area contributed by atoms with Gasteiger partial charge in [0.2, 0.25) is 0 Å². The summed E-state index contributed by atoms with van der Waals surface area (Å²) >= 11 is 0. The van der Waals surface area contributed by atoms with Crippen molar-refractivity contribution in [3.63, 3.8) is 0 Å². The lowest BCUT2D eigenvalue weighted by molar-refractivity contribution is 0.290. The van der Waals surface area contributed by atoms with Crippen molar-refractivity contribution in [2.24, 2.45) is 5.92 Å². The van der Waals surface area contributed by atoms with Gasteiger partial charge in [0.05, 0.1) is 6.61 Å². The molecule has 2 heteroatoms. The summed E-state index contributed by atoms with van der Waals surface area (Å²) in [5, 5.41) is 11.0. The molecule has 0 aliphatic rings. The van der Waals surface area contributed by atoms with Gasteiger partial charge in [-0.05, 0) is 47.4 Å². The Morgan fingerprint density at radius 2 is 1.85 bits per heavy atom. The summed E-state index contributed by atoms with van der Waals surface area (Å²) in [6.07, 6.45) is 1.06. The second-order valence-electron chi connectivity index (χ2n) is 5.21. The highest BCUT2D eigenvalue weighted by molar-refractivity contribution is 5.85. The lowest BCUT2D eigenvalue weighted by Crippen LogP contribution is -2.01. The molecule has 0 aliphatic heterocycles. The van der Waals surface area contributed by atoms with Crippen LogP contribution in [0, 0.1) is 17.8 Å². The Kier molecular flexibility index (Phi) is 5.03. The summed E-state index contributed by atoms with van der Waals surface area (Å²) in [7, 11) is 0. The first-order chi connectivity index (χ1) is 9.69. The Morgan fingerprint density at radius 1 is 1.10 bits per heavy atom. The molecular formula is C18H20O2. The number of aliphatic hydroxyl groups excluding tert-OH is 1. The molecular weight excluding hydrogens is 248 g/mol. The predicted molar refractivity (Wildman–Crippen MR) is 82.9 cm³/mol. The summed E-state index contributed by atoms with van der Waals surface area (Å²) in [4.78, 5) is 0. The van der Waals surface area contributed by atoms with Crippen molar-refractivity contribution < 1.29 is 9.84 Å². The van der Waals surface area contributed by atoms with Crippen molar-refractivity contribution in [1.82, 2.24) is 0 Å². The first-order valence-corrected chi connectivity index (χ1v) is 6.95. The fourth-order valence-corrected chi connectivity index (χ4v) is 1.95. The van der Waals surface area contributed by atoms with Gasteiger partial charge in [0.1, 0.15) is 12.4 Å². The highest BCUT2D eigenvalue weighted by atomic mass is 16.5. The Labute approximate surface area is 120 Å². The number of fused-ring (bicyclic) bond motifs is 1. The minimum absolute atomic E-state index is 0.110. The van der Waals surface area contributed by atoms with E-state index in [1.807, 2.05) is 30.3 Å². The van der Waals surface area contributed by atoms with Crippen LogP contribution in [0.15, 0.2) is 36.4 Å². The van der Waals surface area contributed by atoms with Crippen LogP contribution in [-0.4, -0.2) is 18.3 Å². The molecule has 0 saturated carbocycles. The maximum absolute atomic E-state index is 8.71. The first-order valence-electron chi connectivity index (χ1n) is 6.95. The second kappa shape index (κ2) is 6.98. The Hall–Kier alpha value is -1.98. The van der Waals surface area contributed by atoms with Gasteiger partial charge >= 0.3 is 0 Å². The maximum Gasteiger partial charge on any atom is 0.119 e. The highest BCUT2D eigenvalue weighted by Gasteiger charge is 2.00. The molecule has 0 unspecified atom stereocenters. The molecule has 0 aromatic heterocycles. The third kappa shape index (κ3) is 4.01. The quantitative estimate of drug-likeness (QED) is 0.858. The second-order valence-corrected chi connectivity index (χ2v) is 5.21. The van der Waals surface area contributed by atoms with E-state index in [4.69, 9.17) is 9.84 Å². The number of aliphatic hydroxyl groups is 1. The van der Waals surface area contributed by atoms with Gasteiger partial charge in [-0.3, -0.25) is 0 Å². The van der Waals surface area contributed by atoms with Gasteiger partial charge in [0.25, 0.3) is 0 Å². The van der Waals surface area contributed by atoms with E-state index in [1.54, 1.807) is 0 Å². The van der Waals surface area contributed by atoms with Crippen LogP contribution < -0.4 is 4.74 Å². The van der Waals surface area contributed by atoms with Gasteiger partial charge in [-0.25, -0.2) is 0 Å². The van der Waals surface area contributed by atoms with Crippen LogP contribution >= 0.6 is 0 Å². The Bertz CT molecular complexity index is 633. The number of benzene rings is 2. The van der Waals surface area contributed by atoms with Crippen molar-refractivity contribution in [2.45, 2.75) is 20.3 Å². The number of ether oxygens (including phenoxy) is 1. The number of hydrogen-bond acceptors (Lipinski definition) is 2. The van der Waals surface area contributed by atoms with Gasteiger partial charge in [0.15, 0.2) is 0 Å². The average Bonchev–Trinajstić information content (AvgIpc) is 2.44. The maximum atomic E-state index is 8.71. The lowest BCUT2D eigenvalue weighted by atomic mass is 10.1. The van der Waals surface area contributed by atoms with E-state index in [0.29, 0.717) is 5.92 Å². The molecule has 0 atom stereocenters. The third-order valence-electron chi connectivity index (χ3n) is 3.09. The largest absolute Gasteiger partial charge is 0.494 e. The first kappa shape index (κ1) is 14.4. The van der Waals surface area contributed by atoms with E-state index in [9.17, 15) is 0 Å². The van der Waals surface area contributed by atoms with Gasteiger partial charge in [0, 0.05) is 5.56 Å². The van der Waals surface area contributed by atoms with Crippen LogP contribution in [0.1, 0.15) is 25.8 Å². The Balaban J connectivity index is 2.14. The van der Waals surface area contributed by atoms with E-state index in [0.717, 1.165) is 35.1 Å². The van der Waals surface area contributed by atoms with Crippen molar-refractivity contribution >= 4 is 10.8 Å². The summed E-state index contributed by atoms with van der Waals surface area (Å²) in [5.41, 5.74) is 0.917. The van der Waals surface area contributed by atoms with Gasteiger partial charge in [-0.2, -0.15) is 0 Å². The molecule has 1 N–H and O–H groups in total. The van der Waals surface area contributed by atoms with Crippen LogP contribution in [0.3, 0.4) is 0 Å².